The molecule has 0 atom stereocenters. The molecule has 0 spiro atoms. The van der Waals surface area contributed by atoms with Crippen molar-refractivity contribution in [3.63, 3.8) is 0 Å². The number of ether oxygens (including phenoxy) is 1. The Morgan fingerprint density at radius 3 is 2.80 bits per heavy atom. The number of nitrogens with zero attached hydrogens (tertiary/aromatic N) is 2. The van der Waals surface area contributed by atoms with Gasteiger partial charge in [0.2, 0.25) is 0 Å². The van der Waals surface area contributed by atoms with Gasteiger partial charge in [-0.15, -0.1) is 0 Å². The van der Waals surface area contributed by atoms with Crippen molar-refractivity contribution in [3.05, 3.63) is 29.6 Å². The molecule has 1 aromatic rings. The average molecular weight is 277 g/mol. The second-order valence-corrected chi connectivity index (χ2v) is 5.97. The summed E-state index contributed by atoms with van der Waals surface area (Å²) in [6.45, 7) is 7.65. The van der Waals surface area contributed by atoms with Gasteiger partial charge in [0.1, 0.15) is 0 Å². The van der Waals surface area contributed by atoms with Gasteiger partial charge < -0.3 is 10.1 Å². The zero-order valence-electron chi connectivity index (χ0n) is 12.9. The van der Waals surface area contributed by atoms with Crippen LogP contribution < -0.4 is 5.32 Å². The first-order valence-electron chi connectivity index (χ1n) is 7.61. The van der Waals surface area contributed by atoms with Crippen molar-refractivity contribution in [2.45, 2.75) is 51.9 Å². The Hall–Kier alpha value is -0.970. The van der Waals surface area contributed by atoms with Crippen LogP contribution >= 0.6 is 0 Å². The van der Waals surface area contributed by atoms with Crippen LogP contribution in [-0.2, 0) is 17.8 Å². The Morgan fingerprint density at radius 1 is 1.40 bits per heavy atom. The van der Waals surface area contributed by atoms with Gasteiger partial charge in [0.25, 0.3) is 0 Å². The summed E-state index contributed by atoms with van der Waals surface area (Å²) >= 11 is 0. The Bertz CT molecular complexity index is 387. The van der Waals surface area contributed by atoms with Gasteiger partial charge in [-0.3, -0.25) is 9.88 Å². The van der Waals surface area contributed by atoms with Crippen LogP contribution in [0.2, 0.25) is 0 Å². The minimum atomic E-state index is 0.305. The highest BCUT2D eigenvalue weighted by molar-refractivity contribution is 5.14. The smallest absolute Gasteiger partial charge is 0.0596 e. The van der Waals surface area contributed by atoms with Crippen molar-refractivity contribution in [2.75, 3.05) is 20.2 Å². The number of pyridine rings is 1. The van der Waals surface area contributed by atoms with Gasteiger partial charge >= 0.3 is 0 Å². The van der Waals surface area contributed by atoms with E-state index in [0.29, 0.717) is 6.10 Å². The molecular weight excluding hydrogens is 250 g/mol. The lowest BCUT2D eigenvalue weighted by molar-refractivity contribution is 0.0625. The number of likely N-dealkylation sites (N-methyl/N-ethyl adjacent to an activating group) is 1. The summed E-state index contributed by atoms with van der Waals surface area (Å²) in [7, 11) is 2.11. The van der Waals surface area contributed by atoms with Crippen LogP contribution in [-0.4, -0.2) is 42.2 Å². The van der Waals surface area contributed by atoms with E-state index in [-0.39, 0.29) is 0 Å². The summed E-state index contributed by atoms with van der Waals surface area (Å²) in [5.74, 6) is 0. The molecule has 20 heavy (non-hydrogen) atoms. The van der Waals surface area contributed by atoms with Crippen LogP contribution in [0.1, 0.15) is 37.9 Å². The van der Waals surface area contributed by atoms with Crippen LogP contribution in [0.15, 0.2) is 18.3 Å². The molecule has 1 aliphatic rings. The molecule has 4 heteroatoms. The lowest BCUT2D eigenvalue weighted by Gasteiger charge is -2.17. The Morgan fingerprint density at radius 2 is 2.20 bits per heavy atom. The van der Waals surface area contributed by atoms with Crippen LogP contribution in [0.3, 0.4) is 0 Å². The van der Waals surface area contributed by atoms with E-state index in [2.05, 4.69) is 48.2 Å². The molecule has 0 aliphatic heterocycles. The van der Waals surface area contributed by atoms with Crippen molar-refractivity contribution in [1.29, 1.82) is 0 Å². The molecule has 0 bridgehead atoms. The fourth-order valence-electron chi connectivity index (χ4n) is 2.00. The first kappa shape index (κ1) is 15.4. The molecule has 1 aromatic heterocycles. The van der Waals surface area contributed by atoms with E-state index in [1.165, 1.54) is 18.4 Å². The summed E-state index contributed by atoms with van der Waals surface area (Å²) in [5.41, 5.74) is 2.39. The molecule has 0 saturated heterocycles. The highest BCUT2D eigenvalue weighted by Crippen LogP contribution is 2.19. The normalized spacial score (nSPS) is 15.2. The SMILES string of the molecule is CC(C)OCCN(C)Cc1ccc(CNC2CC2)cn1. The number of hydrogen-bond donors (Lipinski definition) is 1. The molecule has 0 aromatic carbocycles. The second-order valence-electron chi connectivity index (χ2n) is 5.97. The summed E-state index contributed by atoms with van der Waals surface area (Å²) < 4.78 is 5.56. The standard InChI is InChI=1S/C16H27N3O/c1-13(2)20-9-8-19(3)12-16-5-4-14(11-18-16)10-17-15-6-7-15/h4-5,11,13,15,17H,6-10,12H2,1-3H3. The van der Waals surface area contributed by atoms with Crippen molar-refractivity contribution in [2.24, 2.45) is 0 Å². The number of rotatable bonds is 9. The van der Waals surface area contributed by atoms with Crippen molar-refractivity contribution < 1.29 is 4.74 Å². The molecule has 0 radical (unpaired) electrons. The van der Waals surface area contributed by atoms with Crippen LogP contribution in [0, 0.1) is 0 Å². The molecule has 0 amide bonds. The summed E-state index contributed by atoms with van der Waals surface area (Å²) in [6, 6.07) is 5.06. The lowest BCUT2D eigenvalue weighted by Crippen LogP contribution is -2.24. The largest absolute Gasteiger partial charge is 0.377 e. The first-order valence-corrected chi connectivity index (χ1v) is 7.61. The van der Waals surface area contributed by atoms with E-state index < -0.39 is 0 Å². The minimum Gasteiger partial charge on any atom is -0.377 e. The quantitative estimate of drug-likeness (QED) is 0.751. The molecule has 112 valence electrons. The minimum absolute atomic E-state index is 0.305. The molecular formula is C16H27N3O. The van der Waals surface area contributed by atoms with Gasteiger partial charge in [0.15, 0.2) is 0 Å². The van der Waals surface area contributed by atoms with E-state index in [1.54, 1.807) is 0 Å². The maximum atomic E-state index is 5.56. The highest BCUT2D eigenvalue weighted by Gasteiger charge is 2.19. The topological polar surface area (TPSA) is 37.4 Å². The predicted octanol–water partition coefficient (Wildman–Crippen LogP) is 2.19. The van der Waals surface area contributed by atoms with Gasteiger partial charge in [0.05, 0.1) is 18.4 Å². The highest BCUT2D eigenvalue weighted by atomic mass is 16.5. The van der Waals surface area contributed by atoms with Crippen molar-refractivity contribution >= 4 is 0 Å². The third kappa shape index (κ3) is 5.99. The van der Waals surface area contributed by atoms with Gasteiger partial charge in [-0.1, -0.05) is 6.07 Å². The predicted molar refractivity (Wildman–Crippen MR) is 81.5 cm³/mol. The zero-order valence-corrected chi connectivity index (χ0v) is 12.9. The summed E-state index contributed by atoms with van der Waals surface area (Å²) in [6.07, 6.45) is 4.95. The third-order valence-corrected chi connectivity index (χ3v) is 3.41. The molecule has 1 aliphatic carbocycles. The van der Waals surface area contributed by atoms with Crippen LogP contribution in [0.25, 0.3) is 0 Å². The van der Waals surface area contributed by atoms with Gasteiger partial charge in [0, 0.05) is 31.9 Å². The summed E-state index contributed by atoms with van der Waals surface area (Å²) in [5, 5.41) is 3.50. The molecule has 1 fully saturated rings. The second kappa shape index (κ2) is 7.72. The van der Waals surface area contributed by atoms with Crippen molar-refractivity contribution in [3.8, 4) is 0 Å². The lowest BCUT2D eigenvalue weighted by atomic mass is 10.2. The van der Waals surface area contributed by atoms with Crippen LogP contribution in [0.4, 0.5) is 0 Å². The molecule has 4 nitrogen and oxygen atoms in total. The Labute approximate surface area is 122 Å². The molecule has 1 N–H and O–H groups in total. The average Bonchev–Trinajstić information content (AvgIpc) is 3.21. The summed E-state index contributed by atoms with van der Waals surface area (Å²) in [4.78, 5) is 6.78. The van der Waals surface area contributed by atoms with E-state index in [4.69, 9.17) is 4.74 Å². The molecule has 0 unspecified atom stereocenters. The van der Waals surface area contributed by atoms with E-state index in [9.17, 15) is 0 Å². The van der Waals surface area contributed by atoms with Gasteiger partial charge in [-0.25, -0.2) is 0 Å². The zero-order chi connectivity index (χ0) is 14.4. The first-order chi connectivity index (χ1) is 9.63. The molecule has 2 rings (SSSR count). The van der Waals surface area contributed by atoms with Gasteiger partial charge in [-0.2, -0.15) is 0 Å². The monoisotopic (exact) mass is 277 g/mol. The van der Waals surface area contributed by atoms with Crippen LogP contribution in [0.5, 0.6) is 0 Å². The number of aromatic nitrogens is 1. The fourth-order valence-corrected chi connectivity index (χ4v) is 2.00. The Balaban J connectivity index is 1.68. The third-order valence-electron chi connectivity index (χ3n) is 3.41. The number of nitrogens with one attached hydrogen (secondary N) is 1. The van der Waals surface area contributed by atoms with Gasteiger partial charge in [-0.05, 0) is 45.4 Å². The Kier molecular flexibility index (Phi) is 5.95. The van der Waals surface area contributed by atoms with Crippen molar-refractivity contribution in [1.82, 2.24) is 15.2 Å². The fraction of sp³-hybridized carbons (Fsp3) is 0.688. The maximum Gasteiger partial charge on any atom is 0.0596 e. The number of hydrogen-bond acceptors (Lipinski definition) is 4. The molecule has 1 saturated carbocycles. The molecule has 1 heterocycles. The van der Waals surface area contributed by atoms with E-state index in [1.807, 2.05) is 6.20 Å². The van der Waals surface area contributed by atoms with E-state index in [0.717, 1.165) is 38.0 Å². The maximum absolute atomic E-state index is 5.56. The van der Waals surface area contributed by atoms with E-state index >= 15 is 0 Å².